The zero-order chi connectivity index (χ0) is 17.8. The van der Waals surface area contributed by atoms with Crippen molar-refractivity contribution in [1.82, 2.24) is 4.90 Å². The number of carbonyl (C=O) groups is 2. The number of hydrogen-bond acceptors (Lipinski definition) is 3. The van der Waals surface area contributed by atoms with Crippen LogP contribution >= 0.6 is 0 Å². The van der Waals surface area contributed by atoms with E-state index in [1.165, 1.54) is 0 Å². The molecule has 1 saturated heterocycles. The fourth-order valence-electron chi connectivity index (χ4n) is 3.07. The Hall–Kier alpha value is -2.82. The number of hydrogen-bond donors (Lipinski definition) is 0. The van der Waals surface area contributed by atoms with Gasteiger partial charge in [0.05, 0.1) is 11.6 Å². The number of ether oxygens (including phenoxy) is 1. The van der Waals surface area contributed by atoms with Crippen LogP contribution in [-0.2, 0) is 9.59 Å². The van der Waals surface area contributed by atoms with Crippen LogP contribution in [0, 0.1) is 5.92 Å². The highest BCUT2D eigenvalue weighted by Gasteiger charge is 2.35. The highest BCUT2D eigenvalue weighted by atomic mass is 16.5. The maximum atomic E-state index is 12.8. The van der Waals surface area contributed by atoms with E-state index in [1.54, 1.807) is 16.8 Å². The molecule has 2 aromatic rings. The lowest BCUT2D eigenvalue weighted by molar-refractivity contribution is -0.128. The maximum Gasteiger partial charge on any atom is 0.232 e. The molecule has 3 rings (SSSR count). The molecule has 5 nitrogen and oxygen atoms in total. The zero-order valence-corrected chi connectivity index (χ0v) is 14.5. The highest BCUT2D eigenvalue weighted by molar-refractivity contribution is 5.99. The van der Waals surface area contributed by atoms with E-state index in [4.69, 9.17) is 4.74 Å². The van der Waals surface area contributed by atoms with Crippen molar-refractivity contribution < 1.29 is 14.3 Å². The summed E-state index contributed by atoms with van der Waals surface area (Å²) >= 11 is 0. The van der Waals surface area contributed by atoms with Gasteiger partial charge in [0.2, 0.25) is 11.8 Å². The van der Waals surface area contributed by atoms with Gasteiger partial charge in [-0.15, -0.1) is 0 Å². The second-order valence-corrected chi connectivity index (χ2v) is 6.11. The van der Waals surface area contributed by atoms with Gasteiger partial charge in [0.1, 0.15) is 5.75 Å². The predicted octanol–water partition coefficient (Wildman–Crippen LogP) is 3.31. The smallest absolute Gasteiger partial charge is 0.232 e. The Kier molecular flexibility index (Phi) is 5.03. The number of carbonyl (C=O) groups excluding carboxylic acids is 2. The Balaban J connectivity index is 1.79. The first kappa shape index (κ1) is 17.0. The number of para-hydroxylation sites is 3. The standard InChI is InChI=1S/C20H22N2O3/c1-3-22-14-15(13-19(22)23)20(24)21(2)17-11-7-8-12-18(17)25-16-9-5-4-6-10-16/h4-12,15H,3,13-14H2,1-2H3/t15-/m0/s1. The Morgan fingerprint density at radius 3 is 2.52 bits per heavy atom. The van der Waals surface area contributed by atoms with Crippen LogP contribution in [0.1, 0.15) is 13.3 Å². The Morgan fingerprint density at radius 2 is 1.84 bits per heavy atom. The van der Waals surface area contributed by atoms with Crippen molar-refractivity contribution in [2.24, 2.45) is 5.92 Å². The van der Waals surface area contributed by atoms with Crippen molar-refractivity contribution in [3.63, 3.8) is 0 Å². The molecule has 1 aliphatic rings. The molecule has 0 aromatic heterocycles. The van der Waals surface area contributed by atoms with Gasteiger partial charge in [0.25, 0.3) is 0 Å². The fourth-order valence-corrected chi connectivity index (χ4v) is 3.07. The topological polar surface area (TPSA) is 49.9 Å². The fraction of sp³-hybridized carbons (Fsp3) is 0.300. The summed E-state index contributed by atoms with van der Waals surface area (Å²) in [6.45, 7) is 3.05. The summed E-state index contributed by atoms with van der Waals surface area (Å²) in [7, 11) is 1.73. The maximum absolute atomic E-state index is 12.8. The average molecular weight is 338 g/mol. The summed E-state index contributed by atoms with van der Waals surface area (Å²) in [5.41, 5.74) is 0.693. The van der Waals surface area contributed by atoms with Gasteiger partial charge in [0.15, 0.2) is 5.75 Å². The van der Waals surface area contributed by atoms with Gasteiger partial charge in [-0.2, -0.15) is 0 Å². The first-order chi connectivity index (χ1) is 12.1. The quantitative estimate of drug-likeness (QED) is 0.840. The van der Waals surface area contributed by atoms with E-state index in [2.05, 4.69) is 0 Å². The van der Waals surface area contributed by atoms with E-state index in [0.29, 0.717) is 30.3 Å². The van der Waals surface area contributed by atoms with Crippen LogP contribution in [0.5, 0.6) is 11.5 Å². The summed E-state index contributed by atoms with van der Waals surface area (Å²) in [4.78, 5) is 28.1. The second-order valence-electron chi connectivity index (χ2n) is 6.11. The number of anilines is 1. The third-order valence-corrected chi connectivity index (χ3v) is 4.47. The van der Waals surface area contributed by atoms with Crippen LogP contribution in [0.2, 0.25) is 0 Å². The van der Waals surface area contributed by atoms with Gasteiger partial charge in [0, 0.05) is 26.6 Å². The minimum absolute atomic E-state index is 0.0445. The molecule has 0 unspecified atom stereocenters. The summed E-state index contributed by atoms with van der Waals surface area (Å²) in [5, 5.41) is 0. The van der Waals surface area contributed by atoms with Crippen molar-refractivity contribution in [2.75, 3.05) is 25.0 Å². The molecule has 0 aliphatic carbocycles. The van der Waals surface area contributed by atoms with Gasteiger partial charge < -0.3 is 14.5 Å². The molecule has 2 amide bonds. The minimum atomic E-state index is -0.303. The van der Waals surface area contributed by atoms with Crippen LogP contribution in [0.3, 0.4) is 0 Å². The third kappa shape index (κ3) is 3.65. The summed E-state index contributed by atoms with van der Waals surface area (Å²) in [6.07, 6.45) is 0.277. The number of rotatable bonds is 5. The molecule has 0 N–H and O–H groups in total. The molecule has 0 radical (unpaired) electrons. The molecule has 130 valence electrons. The Labute approximate surface area is 147 Å². The van der Waals surface area contributed by atoms with Crippen molar-refractivity contribution in [3.8, 4) is 11.5 Å². The van der Waals surface area contributed by atoms with E-state index < -0.39 is 0 Å². The van der Waals surface area contributed by atoms with Crippen LogP contribution in [0.25, 0.3) is 0 Å². The number of benzene rings is 2. The number of nitrogens with zero attached hydrogens (tertiary/aromatic N) is 2. The van der Waals surface area contributed by atoms with E-state index in [0.717, 1.165) is 0 Å². The zero-order valence-electron chi connectivity index (χ0n) is 14.5. The first-order valence-corrected chi connectivity index (χ1v) is 8.47. The predicted molar refractivity (Wildman–Crippen MR) is 96.7 cm³/mol. The molecule has 0 spiro atoms. The van der Waals surface area contributed by atoms with Crippen molar-refractivity contribution in [2.45, 2.75) is 13.3 Å². The molecule has 1 fully saturated rings. The molecular weight excluding hydrogens is 316 g/mol. The molecule has 25 heavy (non-hydrogen) atoms. The first-order valence-electron chi connectivity index (χ1n) is 8.47. The SMILES string of the molecule is CCN1C[C@@H](C(=O)N(C)c2ccccc2Oc2ccccc2)CC1=O. The van der Waals surface area contributed by atoms with Gasteiger partial charge >= 0.3 is 0 Å². The van der Waals surface area contributed by atoms with Crippen LogP contribution in [0.4, 0.5) is 5.69 Å². The molecule has 2 aromatic carbocycles. The largest absolute Gasteiger partial charge is 0.455 e. The molecule has 1 atom stereocenters. The van der Waals surface area contributed by atoms with E-state index in [9.17, 15) is 9.59 Å². The van der Waals surface area contributed by atoms with E-state index in [1.807, 2.05) is 61.5 Å². The van der Waals surface area contributed by atoms with Gasteiger partial charge in [-0.1, -0.05) is 30.3 Å². The van der Waals surface area contributed by atoms with Crippen molar-refractivity contribution in [3.05, 3.63) is 54.6 Å². The second kappa shape index (κ2) is 7.38. The van der Waals surface area contributed by atoms with Crippen LogP contribution in [0.15, 0.2) is 54.6 Å². The monoisotopic (exact) mass is 338 g/mol. The molecule has 0 bridgehead atoms. The molecule has 1 aliphatic heterocycles. The molecule has 0 saturated carbocycles. The van der Waals surface area contributed by atoms with Gasteiger partial charge in [-0.05, 0) is 31.2 Å². The lowest BCUT2D eigenvalue weighted by Gasteiger charge is -2.23. The van der Waals surface area contributed by atoms with Crippen LogP contribution in [-0.4, -0.2) is 36.9 Å². The minimum Gasteiger partial charge on any atom is -0.455 e. The summed E-state index contributed by atoms with van der Waals surface area (Å²) < 4.78 is 5.94. The molecular formula is C20H22N2O3. The number of likely N-dealkylation sites (tertiary alicyclic amines) is 1. The van der Waals surface area contributed by atoms with Gasteiger partial charge in [-0.3, -0.25) is 9.59 Å². The highest BCUT2D eigenvalue weighted by Crippen LogP contribution is 2.33. The Bertz CT molecular complexity index is 761. The lowest BCUT2D eigenvalue weighted by Crippen LogP contribution is -2.34. The normalized spacial score (nSPS) is 16.8. The molecule has 1 heterocycles. The van der Waals surface area contributed by atoms with E-state index >= 15 is 0 Å². The summed E-state index contributed by atoms with van der Waals surface area (Å²) in [6, 6.07) is 16.9. The molecule has 5 heteroatoms. The van der Waals surface area contributed by atoms with E-state index in [-0.39, 0.29) is 24.2 Å². The summed E-state index contributed by atoms with van der Waals surface area (Å²) in [5.74, 6) is 1.00. The van der Waals surface area contributed by atoms with Crippen molar-refractivity contribution >= 4 is 17.5 Å². The van der Waals surface area contributed by atoms with Crippen molar-refractivity contribution in [1.29, 1.82) is 0 Å². The number of amides is 2. The van der Waals surface area contributed by atoms with Gasteiger partial charge in [-0.25, -0.2) is 0 Å². The third-order valence-electron chi connectivity index (χ3n) is 4.47. The Morgan fingerprint density at radius 1 is 1.16 bits per heavy atom. The average Bonchev–Trinajstić information content (AvgIpc) is 3.02. The lowest BCUT2D eigenvalue weighted by atomic mass is 10.1. The van der Waals surface area contributed by atoms with Crippen LogP contribution < -0.4 is 9.64 Å².